The molecule has 3 saturated heterocycles. The first-order valence-electron chi connectivity index (χ1n) is 8.21. The molecule has 3 fully saturated rings. The zero-order valence-electron chi connectivity index (χ0n) is 13.7. The van der Waals surface area contributed by atoms with Crippen molar-refractivity contribution in [2.75, 3.05) is 6.61 Å². The Labute approximate surface area is 140 Å². The second-order valence-electron chi connectivity index (χ2n) is 6.71. The lowest BCUT2D eigenvalue weighted by Gasteiger charge is -2.25. The predicted molar refractivity (Wildman–Crippen MR) is 84.8 cm³/mol. The molecule has 3 aliphatic rings. The highest BCUT2D eigenvalue weighted by Gasteiger charge is 2.57. The minimum Gasteiger partial charge on any atom is -0.387 e. The van der Waals surface area contributed by atoms with Gasteiger partial charge in [-0.05, 0) is 25.5 Å². The summed E-state index contributed by atoms with van der Waals surface area (Å²) in [6.07, 6.45) is 0.607. The first-order valence-corrected chi connectivity index (χ1v) is 8.21. The summed E-state index contributed by atoms with van der Waals surface area (Å²) in [5, 5.41) is 10.5. The SMILES string of the molecule is CC1(C)O[C@H]2O[C@H]([C@H]3CO[C@H](/C=C/c4ccccc4)O3)[C@H](O)[C@H]2O1. The molecule has 0 unspecified atom stereocenters. The van der Waals surface area contributed by atoms with Gasteiger partial charge in [0.1, 0.15) is 24.4 Å². The summed E-state index contributed by atoms with van der Waals surface area (Å²) >= 11 is 0. The molecule has 130 valence electrons. The van der Waals surface area contributed by atoms with Gasteiger partial charge >= 0.3 is 0 Å². The molecule has 6 nitrogen and oxygen atoms in total. The van der Waals surface area contributed by atoms with E-state index in [2.05, 4.69) is 0 Å². The number of aliphatic hydroxyl groups is 1. The van der Waals surface area contributed by atoms with Crippen LogP contribution in [-0.2, 0) is 23.7 Å². The van der Waals surface area contributed by atoms with Crippen LogP contribution in [0.25, 0.3) is 6.08 Å². The number of hydrogen-bond donors (Lipinski definition) is 1. The van der Waals surface area contributed by atoms with Crippen molar-refractivity contribution in [1.29, 1.82) is 0 Å². The predicted octanol–water partition coefficient (Wildman–Crippen LogP) is 1.68. The van der Waals surface area contributed by atoms with E-state index in [1.54, 1.807) is 13.8 Å². The van der Waals surface area contributed by atoms with Crippen molar-refractivity contribution in [3.05, 3.63) is 42.0 Å². The van der Waals surface area contributed by atoms with E-state index in [0.29, 0.717) is 6.61 Å². The Morgan fingerprint density at radius 3 is 2.62 bits per heavy atom. The first kappa shape index (κ1) is 16.2. The third-order valence-electron chi connectivity index (χ3n) is 4.40. The summed E-state index contributed by atoms with van der Waals surface area (Å²) in [5.41, 5.74) is 1.07. The summed E-state index contributed by atoms with van der Waals surface area (Å²) in [7, 11) is 0. The maximum atomic E-state index is 10.5. The van der Waals surface area contributed by atoms with Crippen molar-refractivity contribution in [2.45, 2.75) is 56.6 Å². The number of fused-ring (bicyclic) bond motifs is 1. The molecule has 6 atom stereocenters. The molecule has 0 aromatic heterocycles. The first-order chi connectivity index (χ1) is 11.5. The Hall–Kier alpha value is -1.28. The topological polar surface area (TPSA) is 66.4 Å². The summed E-state index contributed by atoms with van der Waals surface area (Å²) in [5.74, 6) is -0.741. The number of aliphatic hydroxyl groups excluding tert-OH is 1. The highest BCUT2D eigenvalue weighted by molar-refractivity contribution is 5.49. The van der Waals surface area contributed by atoms with Gasteiger partial charge in [-0.3, -0.25) is 0 Å². The van der Waals surface area contributed by atoms with Crippen molar-refractivity contribution < 1.29 is 28.8 Å². The van der Waals surface area contributed by atoms with Gasteiger partial charge in [-0.15, -0.1) is 0 Å². The molecule has 0 aliphatic carbocycles. The summed E-state index contributed by atoms with van der Waals surface area (Å²) in [6, 6.07) is 9.93. The standard InChI is InChI=1S/C18H22O6/c1-18(2)23-16-14(19)15(22-17(16)24-18)12-10-20-13(21-12)9-8-11-6-4-3-5-7-11/h3-9,12-17,19H,10H2,1-2H3/b9-8+/t12-,13+,14+,15-,16-,17-/m1/s1. The molecular formula is C18H22O6. The summed E-state index contributed by atoms with van der Waals surface area (Å²) in [6.45, 7) is 3.96. The number of ether oxygens (including phenoxy) is 5. The van der Waals surface area contributed by atoms with Crippen molar-refractivity contribution in [2.24, 2.45) is 0 Å². The molecule has 0 spiro atoms. The van der Waals surface area contributed by atoms with Gasteiger partial charge in [0.25, 0.3) is 0 Å². The zero-order valence-corrected chi connectivity index (χ0v) is 13.7. The van der Waals surface area contributed by atoms with E-state index < -0.39 is 36.7 Å². The van der Waals surface area contributed by atoms with Crippen LogP contribution in [0.2, 0.25) is 0 Å². The maximum absolute atomic E-state index is 10.5. The molecule has 3 aliphatic heterocycles. The molecule has 24 heavy (non-hydrogen) atoms. The monoisotopic (exact) mass is 334 g/mol. The molecule has 3 heterocycles. The van der Waals surface area contributed by atoms with Crippen molar-refractivity contribution >= 4 is 6.08 Å². The Morgan fingerprint density at radius 1 is 1.08 bits per heavy atom. The second-order valence-corrected chi connectivity index (χ2v) is 6.71. The molecule has 1 aromatic rings. The van der Waals surface area contributed by atoms with Gasteiger partial charge in [0, 0.05) is 0 Å². The van der Waals surface area contributed by atoms with Crippen molar-refractivity contribution in [3.8, 4) is 0 Å². The third-order valence-corrected chi connectivity index (χ3v) is 4.40. The van der Waals surface area contributed by atoms with Gasteiger partial charge in [-0.25, -0.2) is 0 Å². The molecule has 1 aromatic carbocycles. The van der Waals surface area contributed by atoms with Crippen LogP contribution in [0.5, 0.6) is 0 Å². The van der Waals surface area contributed by atoms with E-state index in [1.165, 1.54) is 0 Å². The lowest BCUT2D eigenvalue weighted by molar-refractivity contribution is -0.226. The quantitative estimate of drug-likeness (QED) is 0.907. The highest BCUT2D eigenvalue weighted by atomic mass is 16.8. The van der Waals surface area contributed by atoms with Gasteiger partial charge in [-0.1, -0.05) is 36.4 Å². The second kappa shape index (κ2) is 6.22. The molecule has 0 bridgehead atoms. The van der Waals surface area contributed by atoms with Gasteiger partial charge < -0.3 is 28.8 Å². The highest BCUT2D eigenvalue weighted by Crippen LogP contribution is 2.39. The van der Waals surface area contributed by atoms with Crippen LogP contribution in [-0.4, -0.2) is 54.5 Å². The fraction of sp³-hybridized carbons (Fsp3) is 0.556. The smallest absolute Gasteiger partial charge is 0.190 e. The Balaban J connectivity index is 1.35. The average Bonchev–Trinajstić information content (AvgIpc) is 3.21. The molecular weight excluding hydrogens is 312 g/mol. The molecule has 0 radical (unpaired) electrons. The van der Waals surface area contributed by atoms with Gasteiger partial charge in [0.2, 0.25) is 0 Å². The van der Waals surface area contributed by atoms with Crippen LogP contribution in [0.15, 0.2) is 36.4 Å². The Kier molecular flexibility index (Phi) is 4.20. The number of rotatable bonds is 3. The lowest BCUT2D eigenvalue weighted by Crippen LogP contribution is -2.42. The van der Waals surface area contributed by atoms with Gasteiger partial charge in [-0.2, -0.15) is 0 Å². The fourth-order valence-corrected chi connectivity index (χ4v) is 3.29. The van der Waals surface area contributed by atoms with Gasteiger partial charge in [0.15, 0.2) is 18.4 Å². The number of benzene rings is 1. The maximum Gasteiger partial charge on any atom is 0.190 e. The van der Waals surface area contributed by atoms with E-state index in [9.17, 15) is 5.11 Å². The van der Waals surface area contributed by atoms with Crippen LogP contribution in [0.1, 0.15) is 19.4 Å². The summed E-state index contributed by atoms with van der Waals surface area (Å²) in [4.78, 5) is 0. The van der Waals surface area contributed by atoms with Crippen LogP contribution in [0.4, 0.5) is 0 Å². The lowest BCUT2D eigenvalue weighted by atomic mass is 10.1. The van der Waals surface area contributed by atoms with E-state index in [-0.39, 0.29) is 6.10 Å². The fourth-order valence-electron chi connectivity index (χ4n) is 3.29. The minimum absolute atomic E-state index is 0.355. The van der Waals surface area contributed by atoms with Crippen LogP contribution < -0.4 is 0 Å². The van der Waals surface area contributed by atoms with Crippen LogP contribution >= 0.6 is 0 Å². The largest absolute Gasteiger partial charge is 0.387 e. The van der Waals surface area contributed by atoms with Crippen molar-refractivity contribution in [1.82, 2.24) is 0 Å². The molecule has 0 amide bonds. The average molecular weight is 334 g/mol. The molecule has 6 heteroatoms. The normalized spacial score (nSPS) is 41.1. The van der Waals surface area contributed by atoms with Gasteiger partial charge in [0.05, 0.1) is 6.61 Å². The molecule has 1 N–H and O–H groups in total. The Bertz CT molecular complexity index is 601. The minimum atomic E-state index is -0.803. The zero-order chi connectivity index (χ0) is 16.7. The summed E-state index contributed by atoms with van der Waals surface area (Å²) < 4.78 is 28.6. The van der Waals surface area contributed by atoms with Crippen LogP contribution in [0, 0.1) is 0 Å². The number of hydrogen-bond acceptors (Lipinski definition) is 6. The van der Waals surface area contributed by atoms with E-state index >= 15 is 0 Å². The Morgan fingerprint density at radius 2 is 1.88 bits per heavy atom. The molecule has 4 rings (SSSR count). The van der Waals surface area contributed by atoms with E-state index in [4.69, 9.17) is 23.7 Å². The van der Waals surface area contributed by atoms with E-state index in [0.717, 1.165) is 5.56 Å². The van der Waals surface area contributed by atoms with Crippen LogP contribution in [0.3, 0.4) is 0 Å². The molecule has 0 saturated carbocycles. The van der Waals surface area contributed by atoms with Crippen molar-refractivity contribution in [3.63, 3.8) is 0 Å². The third kappa shape index (κ3) is 3.13. The van der Waals surface area contributed by atoms with E-state index in [1.807, 2.05) is 42.5 Å².